The maximum Gasteiger partial charge on any atom is 0.287 e. The molecule has 3 aromatic heterocycles. The number of nitrogens with zero attached hydrogens (tertiary/aromatic N) is 3. The maximum atomic E-state index is 4.83. The number of aryl methyl sites for hydroxylation is 2. The molecule has 0 saturated heterocycles. The van der Waals surface area contributed by atoms with Gasteiger partial charge < -0.3 is 4.40 Å². The summed E-state index contributed by atoms with van der Waals surface area (Å²) in [6.07, 6.45) is 3.00. The second-order valence-corrected chi connectivity index (χ2v) is 11.1. The van der Waals surface area contributed by atoms with Gasteiger partial charge >= 0.3 is 0 Å². The summed E-state index contributed by atoms with van der Waals surface area (Å²) in [7, 11) is 2.13. The molecule has 0 bridgehead atoms. The zero-order valence-electron chi connectivity index (χ0n) is 20.4. The molecule has 0 aliphatic heterocycles. The molecule has 0 N–H and O–H groups in total. The Morgan fingerprint density at radius 2 is 1.68 bits per heavy atom. The minimum Gasteiger partial charge on any atom is -0.307 e. The van der Waals surface area contributed by atoms with Crippen molar-refractivity contribution in [3.05, 3.63) is 78.1 Å². The van der Waals surface area contributed by atoms with Crippen LogP contribution in [0.15, 0.2) is 67.0 Å². The minimum absolute atomic E-state index is 0.212. The maximum absolute atomic E-state index is 4.83. The number of hydrogen-bond acceptors (Lipinski definition) is 1. The third-order valence-corrected chi connectivity index (χ3v) is 7.46. The smallest absolute Gasteiger partial charge is 0.287 e. The lowest BCUT2D eigenvalue weighted by atomic mass is 9.86. The van der Waals surface area contributed by atoms with Gasteiger partial charge in [-0.3, -0.25) is 0 Å². The Hall–Kier alpha value is -3.72. The van der Waals surface area contributed by atoms with Crippen molar-refractivity contribution < 1.29 is 4.57 Å². The normalized spacial score (nSPS) is 13.0. The molecule has 0 spiro atoms. The fraction of sp³-hybridized carbons (Fsp3) is 0.226. The summed E-state index contributed by atoms with van der Waals surface area (Å²) in [4.78, 5) is 4.83. The van der Waals surface area contributed by atoms with Crippen LogP contribution in [0, 0.1) is 12.3 Å². The van der Waals surface area contributed by atoms with Gasteiger partial charge in [-0.1, -0.05) is 57.2 Å². The van der Waals surface area contributed by atoms with E-state index < -0.39 is 0 Å². The zero-order valence-corrected chi connectivity index (χ0v) is 20.4. The Labute approximate surface area is 198 Å². The number of rotatable bonds is 1. The van der Waals surface area contributed by atoms with E-state index in [-0.39, 0.29) is 5.41 Å². The van der Waals surface area contributed by atoms with E-state index in [1.807, 2.05) is 6.33 Å². The van der Waals surface area contributed by atoms with Crippen molar-refractivity contribution >= 4 is 59.9 Å². The number of fused-ring (bicyclic) bond motifs is 7. The summed E-state index contributed by atoms with van der Waals surface area (Å²) in [5.74, 6) is 0. The topological polar surface area (TPSA) is 21.2 Å². The lowest BCUT2D eigenvalue weighted by Gasteiger charge is -2.19. The highest BCUT2D eigenvalue weighted by atomic mass is 15.0. The fourth-order valence-electron chi connectivity index (χ4n) is 6.20. The number of hydrogen-bond donors (Lipinski definition) is 0. The summed E-state index contributed by atoms with van der Waals surface area (Å²) < 4.78 is 4.72. The molecule has 0 atom stereocenters. The molecule has 7 aromatic rings. The van der Waals surface area contributed by atoms with E-state index in [0.29, 0.717) is 0 Å². The van der Waals surface area contributed by atoms with Gasteiger partial charge in [0.1, 0.15) is 5.52 Å². The quantitative estimate of drug-likeness (QED) is 0.149. The van der Waals surface area contributed by atoms with E-state index in [0.717, 1.165) is 11.9 Å². The van der Waals surface area contributed by atoms with Gasteiger partial charge in [-0.25, -0.2) is 4.57 Å². The van der Waals surface area contributed by atoms with E-state index >= 15 is 0 Å². The zero-order chi connectivity index (χ0) is 23.4. The van der Waals surface area contributed by atoms with Gasteiger partial charge in [0.2, 0.25) is 0 Å². The third-order valence-electron chi connectivity index (χ3n) is 7.46. The molecule has 0 amide bonds. The van der Waals surface area contributed by atoms with Crippen LogP contribution in [-0.4, -0.2) is 9.38 Å². The Balaban J connectivity index is 1.86. The van der Waals surface area contributed by atoms with Crippen LogP contribution in [0.2, 0.25) is 0 Å². The molecule has 166 valence electrons. The Bertz CT molecular complexity index is 1930. The average Bonchev–Trinajstić information content (AvgIpc) is 3.15. The second kappa shape index (κ2) is 6.44. The van der Waals surface area contributed by atoms with Crippen LogP contribution in [0.4, 0.5) is 0 Å². The van der Waals surface area contributed by atoms with Gasteiger partial charge in [-0.2, -0.15) is 0 Å². The molecule has 3 heterocycles. The standard InChI is InChI=1S/C31H28N3/c1-18-21-11-7-6-9-19(21)15-25-26(18)30-28-23(32-17-33(30)5)14-13-22-27-20(16-31(2,3)4)10-8-12-24(27)34(25)29(22)28/h6-15,17H,16H2,1-5H3/q+1. The summed E-state index contributed by atoms with van der Waals surface area (Å²) in [6, 6.07) is 22.5. The molecular weight excluding hydrogens is 414 g/mol. The molecule has 0 radical (unpaired) electrons. The van der Waals surface area contributed by atoms with E-state index in [1.54, 1.807) is 0 Å². The van der Waals surface area contributed by atoms with Crippen LogP contribution in [0.1, 0.15) is 31.9 Å². The summed E-state index contributed by atoms with van der Waals surface area (Å²) in [5.41, 5.74) is 9.12. The lowest BCUT2D eigenvalue weighted by Crippen LogP contribution is -2.30. The van der Waals surface area contributed by atoms with Gasteiger partial charge in [0, 0.05) is 16.2 Å². The van der Waals surface area contributed by atoms with E-state index in [1.165, 1.54) is 65.5 Å². The van der Waals surface area contributed by atoms with Gasteiger partial charge in [-0.15, -0.1) is 0 Å². The van der Waals surface area contributed by atoms with Gasteiger partial charge in [0.05, 0.1) is 29.0 Å². The lowest BCUT2D eigenvalue weighted by molar-refractivity contribution is -0.646. The first kappa shape index (κ1) is 19.7. The highest BCUT2D eigenvalue weighted by molar-refractivity contribution is 6.28. The third kappa shape index (κ3) is 2.47. The van der Waals surface area contributed by atoms with E-state index in [2.05, 4.69) is 104 Å². The molecule has 3 heteroatoms. The first-order chi connectivity index (χ1) is 16.3. The molecule has 3 nitrogen and oxygen atoms in total. The Kier molecular flexibility index (Phi) is 3.74. The Morgan fingerprint density at radius 3 is 2.50 bits per heavy atom. The van der Waals surface area contributed by atoms with Crippen molar-refractivity contribution in [1.29, 1.82) is 0 Å². The highest BCUT2D eigenvalue weighted by Gasteiger charge is 2.26. The molecule has 0 aliphatic rings. The van der Waals surface area contributed by atoms with Crippen LogP contribution in [0.3, 0.4) is 0 Å². The molecule has 34 heavy (non-hydrogen) atoms. The Morgan fingerprint density at radius 1 is 0.853 bits per heavy atom. The van der Waals surface area contributed by atoms with Crippen molar-refractivity contribution in [3.63, 3.8) is 0 Å². The number of benzene rings is 4. The monoisotopic (exact) mass is 442 g/mol. The van der Waals surface area contributed by atoms with Crippen molar-refractivity contribution in [1.82, 2.24) is 9.38 Å². The van der Waals surface area contributed by atoms with Crippen molar-refractivity contribution in [2.75, 3.05) is 0 Å². The minimum atomic E-state index is 0.212. The molecule has 0 unspecified atom stereocenters. The molecule has 4 aromatic carbocycles. The SMILES string of the molecule is Cc1c2ccccc2cc2c1c1c3c(ccc4c5c(CC(C)(C)C)cccc5n2c43)nc[n+]1C. The van der Waals surface area contributed by atoms with Crippen LogP contribution < -0.4 is 4.57 Å². The summed E-state index contributed by atoms with van der Waals surface area (Å²) >= 11 is 0. The number of pyridine rings is 1. The van der Waals surface area contributed by atoms with Crippen LogP contribution in [0.5, 0.6) is 0 Å². The molecule has 0 aliphatic carbocycles. The molecule has 7 rings (SSSR count). The van der Waals surface area contributed by atoms with Crippen LogP contribution in [0.25, 0.3) is 59.9 Å². The fourth-order valence-corrected chi connectivity index (χ4v) is 6.20. The average molecular weight is 443 g/mol. The van der Waals surface area contributed by atoms with Crippen LogP contribution in [-0.2, 0) is 13.5 Å². The van der Waals surface area contributed by atoms with E-state index in [4.69, 9.17) is 4.98 Å². The predicted octanol–water partition coefficient (Wildman–Crippen LogP) is 7.26. The van der Waals surface area contributed by atoms with Crippen molar-refractivity contribution in [2.24, 2.45) is 12.5 Å². The van der Waals surface area contributed by atoms with Crippen molar-refractivity contribution in [2.45, 2.75) is 34.1 Å². The first-order valence-corrected chi connectivity index (χ1v) is 12.1. The predicted molar refractivity (Wildman–Crippen MR) is 143 cm³/mol. The van der Waals surface area contributed by atoms with Gasteiger partial charge in [0.25, 0.3) is 6.33 Å². The van der Waals surface area contributed by atoms with Gasteiger partial charge in [0.15, 0.2) is 5.52 Å². The summed E-state index contributed by atoms with van der Waals surface area (Å²) in [6.45, 7) is 9.25. The highest BCUT2D eigenvalue weighted by Crippen LogP contribution is 2.43. The van der Waals surface area contributed by atoms with Gasteiger partial charge in [-0.05, 0) is 69.9 Å². The number of aromatic nitrogens is 3. The van der Waals surface area contributed by atoms with Crippen LogP contribution >= 0.6 is 0 Å². The summed E-state index contributed by atoms with van der Waals surface area (Å²) in [5, 5.41) is 7.87. The molecule has 0 saturated carbocycles. The molecule has 0 fully saturated rings. The van der Waals surface area contributed by atoms with Crippen molar-refractivity contribution in [3.8, 4) is 0 Å². The first-order valence-electron chi connectivity index (χ1n) is 12.1. The van der Waals surface area contributed by atoms with E-state index in [9.17, 15) is 0 Å². The largest absolute Gasteiger partial charge is 0.307 e. The molecular formula is C31H28N3+. The second-order valence-electron chi connectivity index (χ2n) is 11.1.